The van der Waals surface area contributed by atoms with Crippen molar-refractivity contribution >= 4 is 17.7 Å². The molecule has 2 rings (SSSR count). The van der Waals surface area contributed by atoms with Crippen LogP contribution in [0.4, 0.5) is 10.1 Å². The minimum atomic E-state index is -0.690. The maximum Gasteiger partial charge on any atom is 0.279 e. The van der Waals surface area contributed by atoms with Crippen molar-refractivity contribution in [1.82, 2.24) is 5.32 Å². The second kappa shape index (κ2) is 8.38. The number of halogens is 1. The lowest BCUT2D eigenvalue weighted by molar-refractivity contribution is -0.385. The van der Waals surface area contributed by atoms with Gasteiger partial charge in [-0.1, -0.05) is 0 Å². The highest BCUT2D eigenvalue weighted by Gasteiger charge is 2.20. The highest BCUT2D eigenvalue weighted by atomic mass is 19.1. The molecule has 1 fully saturated rings. The van der Waals surface area contributed by atoms with Crippen LogP contribution in [0.25, 0.3) is 6.08 Å². The Labute approximate surface area is 133 Å². The molecule has 1 saturated carbocycles. The lowest BCUT2D eigenvalue weighted by Crippen LogP contribution is -2.23. The molecule has 0 saturated heterocycles. The minimum Gasteiger partial charge on any atom is -0.381 e. The van der Waals surface area contributed by atoms with Gasteiger partial charge < -0.3 is 10.1 Å². The summed E-state index contributed by atoms with van der Waals surface area (Å²) in [5, 5.41) is 13.5. The third-order valence-corrected chi connectivity index (χ3v) is 3.42. The summed E-state index contributed by atoms with van der Waals surface area (Å²) in [7, 11) is 0. The molecule has 0 heterocycles. The van der Waals surface area contributed by atoms with Crippen LogP contribution in [0, 0.1) is 21.8 Å². The van der Waals surface area contributed by atoms with Gasteiger partial charge in [0, 0.05) is 25.8 Å². The highest BCUT2D eigenvalue weighted by Crippen LogP contribution is 2.28. The molecule has 6 nitrogen and oxygen atoms in total. The zero-order chi connectivity index (χ0) is 16.7. The van der Waals surface area contributed by atoms with E-state index < -0.39 is 10.7 Å². The zero-order valence-corrected chi connectivity index (χ0v) is 12.7. The van der Waals surface area contributed by atoms with Crippen LogP contribution in [0.1, 0.15) is 24.8 Å². The van der Waals surface area contributed by atoms with Gasteiger partial charge in [-0.15, -0.1) is 0 Å². The van der Waals surface area contributed by atoms with E-state index in [0.717, 1.165) is 24.7 Å². The van der Waals surface area contributed by atoms with Gasteiger partial charge in [0.15, 0.2) is 0 Å². The fourth-order valence-corrected chi connectivity index (χ4v) is 1.96. The molecule has 0 spiro atoms. The van der Waals surface area contributed by atoms with Crippen molar-refractivity contribution < 1.29 is 18.8 Å². The quantitative estimate of drug-likeness (QED) is 0.328. The Morgan fingerprint density at radius 3 is 2.96 bits per heavy atom. The molecule has 1 aromatic carbocycles. The van der Waals surface area contributed by atoms with Crippen LogP contribution in [0.2, 0.25) is 0 Å². The van der Waals surface area contributed by atoms with E-state index in [9.17, 15) is 19.3 Å². The first-order valence-electron chi connectivity index (χ1n) is 7.54. The Morgan fingerprint density at radius 1 is 1.48 bits per heavy atom. The summed E-state index contributed by atoms with van der Waals surface area (Å²) in [5.41, 5.74) is -0.193. The van der Waals surface area contributed by atoms with E-state index >= 15 is 0 Å². The van der Waals surface area contributed by atoms with Crippen LogP contribution in [-0.4, -0.2) is 30.6 Å². The average Bonchev–Trinajstić information content (AvgIpc) is 3.33. The third-order valence-electron chi connectivity index (χ3n) is 3.42. The van der Waals surface area contributed by atoms with Gasteiger partial charge in [0.2, 0.25) is 5.91 Å². The molecule has 0 radical (unpaired) electrons. The SMILES string of the molecule is O=C(C=Cc1ccc(F)cc1[N+](=O)[O-])NCCCOCC1CC1. The number of carbonyl (C=O) groups excluding carboxylic acids is 1. The Kier molecular flexibility index (Phi) is 6.22. The Balaban J connectivity index is 1.73. The number of rotatable bonds is 9. The van der Waals surface area contributed by atoms with Gasteiger partial charge in [0.05, 0.1) is 16.6 Å². The molecular formula is C16H19FN2O4. The molecule has 0 aliphatic heterocycles. The maximum atomic E-state index is 13.0. The van der Waals surface area contributed by atoms with Crippen molar-refractivity contribution in [3.8, 4) is 0 Å². The summed E-state index contributed by atoms with van der Waals surface area (Å²) in [6.07, 6.45) is 5.71. The molecule has 0 atom stereocenters. The molecule has 23 heavy (non-hydrogen) atoms. The maximum absolute atomic E-state index is 13.0. The molecule has 0 bridgehead atoms. The molecule has 1 aliphatic rings. The largest absolute Gasteiger partial charge is 0.381 e. The van der Waals surface area contributed by atoms with Gasteiger partial charge in [0.1, 0.15) is 5.82 Å². The van der Waals surface area contributed by atoms with Crippen molar-refractivity contribution in [3.63, 3.8) is 0 Å². The first kappa shape index (κ1) is 17.1. The summed E-state index contributed by atoms with van der Waals surface area (Å²) >= 11 is 0. The number of nitrogens with zero attached hydrogens (tertiary/aromatic N) is 1. The smallest absolute Gasteiger partial charge is 0.279 e. The fraction of sp³-hybridized carbons (Fsp3) is 0.438. The molecule has 1 aliphatic carbocycles. The first-order valence-corrected chi connectivity index (χ1v) is 7.54. The Hall–Kier alpha value is -2.28. The normalized spacial score (nSPS) is 14.1. The molecule has 0 unspecified atom stereocenters. The van der Waals surface area contributed by atoms with E-state index in [-0.39, 0.29) is 17.2 Å². The standard InChI is InChI=1S/C16H19FN2O4/c17-14-6-4-13(15(10-14)19(21)22)5-7-16(20)18-8-1-9-23-11-12-2-3-12/h4-7,10,12H,1-3,8-9,11H2,(H,18,20). The third kappa shape index (κ3) is 6.15. The number of amides is 1. The molecule has 7 heteroatoms. The number of benzene rings is 1. The lowest BCUT2D eigenvalue weighted by atomic mass is 10.1. The monoisotopic (exact) mass is 322 g/mol. The van der Waals surface area contributed by atoms with E-state index in [1.54, 1.807) is 0 Å². The second-order valence-corrected chi connectivity index (χ2v) is 5.46. The van der Waals surface area contributed by atoms with Crippen LogP contribution >= 0.6 is 0 Å². The Bertz CT molecular complexity index is 600. The van der Waals surface area contributed by atoms with Crippen LogP contribution in [-0.2, 0) is 9.53 Å². The molecule has 1 amide bonds. The number of ether oxygens (including phenoxy) is 1. The summed E-state index contributed by atoms with van der Waals surface area (Å²) in [6.45, 7) is 1.87. The summed E-state index contributed by atoms with van der Waals surface area (Å²) < 4.78 is 18.5. The van der Waals surface area contributed by atoms with Crippen molar-refractivity contribution in [3.05, 3.63) is 45.8 Å². The van der Waals surface area contributed by atoms with E-state index in [4.69, 9.17) is 4.74 Å². The van der Waals surface area contributed by atoms with Gasteiger partial charge in [-0.2, -0.15) is 0 Å². The molecule has 124 valence electrons. The van der Waals surface area contributed by atoms with Crippen LogP contribution < -0.4 is 5.32 Å². The summed E-state index contributed by atoms with van der Waals surface area (Å²) in [6, 6.07) is 3.21. The number of nitro groups is 1. The van der Waals surface area contributed by atoms with Crippen LogP contribution in [0.3, 0.4) is 0 Å². The van der Waals surface area contributed by atoms with Crippen molar-refractivity contribution in [2.24, 2.45) is 5.92 Å². The topological polar surface area (TPSA) is 81.5 Å². The first-order chi connectivity index (χ1) is 11.1. The number of nitrogens with one attached hydrogen (secondary N) is 1. The number of nitro benzene ring substituents is 1. The number of hydrogen-bond donors (Lipinski definition) is 1. The van der Waals surface area contributed by atoms with Crippen molar-refractivity contribution in [2.75, 3.05) is 19.8 Å². The van der Waals surface area contributed by atoms with Gasteiger partial charge >= 0.3 is 0 Å². The molecule has 0 aromatic heterocycles. The fourth-order valence-electron chi connectivity index (χ4n) is 1.96. The summed E-state index contributed by atoms with van der Waals surface area (Å²) in [5.74, 6) is -0.325. The second-order valence-electron chi connectivity index (χ2n) is 5.46. The summed E-state index contributed by atoms with van der Waals surface area (Å²) in [4.78, 5) is 21.8. The number of carbonyl (C=O) groups is 1. The highest BCUT2D eigenvalue weighted by molar-refractivity contribution is 5.92. The molecular weight excluding hydrogens is 303 g/mol. The van der Waals surface area contributed by atoms with E-state index in [0.29, 0.717) is 19.6 Å². The van der Waals surface area contributed by atoms with Crippen LogP contribution in [0.15, 0.2) is 24.3 Å². The Morgan fingerprint density at radius 2 is 2.26 bits per heavy atom. The van der Waals surface area contributed by atoms with E-state index in [2.05, 4.69) is 5.32 Å². The van der Waals surface area contributed by atoms with Crippen molar-refractivity contribution in [2.45, 2.75) is 19.3 Å². The van der Waals surface area contributed by atoms with Gasteiger partial charge in [-0.05, 0) is 43.4 Å². The lowest BCUT2D eigenvalue weighted by Gasteiger charge is -2.04. The number of hydrogen-bond acceptors (Lipinski definition) is 4. The van der Waals surface area contributed by atoms with Crippen molar-refractivity contribution in [1.29, 1.82) is 0 Å². The van der Waals surface area contributed by atoms with Gasteiger partial charge in [-0.3, -0.25) is 14.9 Å². The predicted molar refractivity (Wildman–Crippen MR) is 83.3 cm³/mol. The predicted octanol–water partition coefficient (Wildman–Crippen LogP) is 2.68. The van der Waals surface area contributed by atoms with Gasteiger partial charge in [-0.25, -0.2) is 4.39 Å². The molecule has 1 N–H and O–H groups in total. The molecule has 1 aromatic rings. The van der Waals surface area contributed by atoms with Crippen LogP contribution in [0.5, 0.6) is 0 Å². The van der Waals surface area contributed by atoms with E-state index in [1.807, 2.05) is 0 Å². The van der Waals surface area contributed by atoms with E-state index in [1.165, 1.54) is 31.1 Å². The van der Waals surface area contributed by atoms with Gasteiger partial charge in [0.25, 0.3) is 5.69 Å². The average molecular weight is 322 g/mol. The minimum absolute atomic E-state index is 0.180. The zero-order valence-electron chi connectivity index (χ0n) is 12.7.